The number of hydrogen-bond acceptors (Lipinski definition) is 3. The number of piperidine rings is 1. The van der Waals surface area contributed by atoms with Crippen LogP contribution in [0.25, 0.3) is 0 Å². The summed E-state index contributed by atoms with van der Waals surface area (Å²) < 4.78 is 0. The van der Waals surface area contributed by atoms with E-state index in [1.807, 2.05) is 23.2 Å². The van der Waals surface area contributed by atoms with Crippen molar-refractivity contribution in [2.75, 3.05) is 6.54 Å². The first-order chi connectivity index (χ1) is 10.8. The second-order valence-corrected chi connectivity index (χ2v) is 6.28. The largest absolute Gasteiger partial charge is 0.330 e. The van der Waals surface area contributed by atoms with E-state index in [2.05, 4.69) is 21.2 Å². The predicted molar refractivity (Wildman–Crippen MR) is 82.4 cm³/mol. The van der Waals surface area contributed by atoms with Crippen LogP contribution in [0, 0.1) is 0 Å². The highest BCUT2D eigenvalue weighted by molar-refractivity contribution is 5.92. The Morgan fingerprint density at radius 2 is 2.18 bits per heavy atom. The fourth-order valence-corrected chi connectivity index (χ4v) is 3.29. The molecule has 1 aliphatic heterocycles. The van der Waals surface area contributed by atoms with Crippen LogP contribution in [0.5, 0.6) is 0 Å². The normalized spacial score (nSPS) is 21.8. The summed E-state index contributed by atoms with van der Waals surface area (Å²) in [6.07, 6.45) is 9.26. The van der Waals surface area contributed by atoms with Crippen LogP contribution in [-0.2, 0) is 0 Å². The smallest absolute Gasteiger partial charge is 0.274 e. The zero-order valence-electron chi connectivity index (χ0n) is 12.5. The molecule has 1 saturated heterocycles. The van der Waals surface area contributed by atoms with Crippen LogP contribution in [0.4, 0.5) is 0 Å². The number of rotatable bonds is 3. The second-order valence-electron chi connectivity index (χ2n) is 6.28. The minimum Gasteiger partial charge on any atom is -0.330 e. The molecule has 0 radical (unpaired) electrons. The highest BCUT2D eigenvalue weighted by atomic mass is 16.2. The van der Waals surface area contributed by atoms with Crippen molar-refractivity contribution in [3.8, 4) is 0 Å². The molecule has 1 aliphatic carbocycles. The lowest BCUT2D eigenvalue weighted by Gasteiger charge is -2.35. The molecule has 5 heteroatoms. The van der Waals surface area contributed by atoms with Gasteiger partial charge in [0.1, 0.15) is 5.69 Å². The summed E-state index contributed by atoms with van der Waals surface area (Å²) in [5, 5.41) is 7.28. The number of hydrogen-bond donors (Lipinski definition) is 1. The van der Waals surface area contributed by atoms with E-state index >= 15 is 0 Å². The van der Waals surface area contributed by atoms with E-state index in [0.717, 1.165) is 37.1 Å². The molecule has 22 heavy (non-hydrogen) atoms. The van der Waals surface area contributed by atoms with Crippen molar-refractivity contribution < 1.29 is 4.79 Å². The van der Waals surface area contributed by atoms with Gasteiger partial charge in [0.2, 0.25) is 0 Å². The lowest BCUT2D eigenvalue weighted by Crippen LogP contribution is -2.38. The van der Waals surface area contributed by atoms with Gasteiger partial charge in [-0.25, -0.2) is 0 Å². The SMILES string of the molecule is O=C(c1cc(C2CC2)[nH]n1)N1CCCCC1c1cccnc1. The number of pyridine rings is 1. The molecule has 1 atom stereocenters. The van der Waals surface area contributed by atoms with Crippen molar-refractivity contribution >= 4 is 5.91 Å². The zero-order chi connectivity index (χ0) is 14.9. The van der Waals surface area contributed by atoms with Gasteiger partial charge in [-0.2, -0.15) is 5.10 Å². The summed E-state index contributed by atoms with van der Waals surface area (Å²) in [7, 11) is 0. The van der Waals surface area contributed by atoms with Crippen LogP contribution in [-0.4, -0.2) is 32.5 Å². The third kappa shape index (κ3) is 2.51. The number of likely N-dealkylation sites (tertiary alicyclic amines) is 1. The first-order valence-corrected chi connectivity index (χ1v) is 8.09. The van der Waals surface area contributed by atoms with Crippen molar-refractivity contribution in [3.63, 3.8) is 0 Å². The molecule has 3 heterocycles. The molecular weight excluding hydrogens is 276 g/mol. The average molecular weight is 296 g/mol. The quantitative estimate of drug-likeness (QED) is 0.947. The summed E-state index contributed by atoms with van der Waals surface area (Å²) in [6.45, 7) is 0.796. The van der Waals surface area contributed by atoms with E-state index in [4.69, 9.17) is 0 Å². The Morgan fingerprint density at radius 3 is 2.95 bits per heavy atom. The Bertz CT molecular complexity index is 662. The number of nitrogens with zero attached hydrogens (tertiary/aromatic N) is 3. The molecule has 5 nitrogen and oxygen atoms in total. The molecule has 2 fully saturated rings. The van der Waals surface area contributed by atoms with Crippen molar-refractivity contribution in [1.29, 1.82) is 0 Å². The molecular formula is C17H20N4O. The minimum atomic E-state index is 0.0386. The Balaban J connectivity index is 1.58. The molecule has 4 rings (SSSR count). The fraction of sp³-hybridized carbons (Fsp3) is 0.471. The van der Waals surface area contributed by atoms with Crippen LogP contribution in [0.1, 0.15) is 65.8 Å². The van der Waals surface area contributed by atoms with Gasteiger partial charge < -0.3 is 4.90 Å². The summed E-state index contributed by atoms with van der Waals surface area (Å²) in [5.74, 6) is 0.626. The molecule has 0 bridgehead atoms. The van der Waals surface area contributed by atoms with Crippen LogP contribution in [0.2, 0.25) is 0 Å². The number of aromatic amines is 1. The van der Waals surface area contributed by atoms with Crippen LogP contribution in [0.15, 0.2) is 30.6 Å². The van der Waals surface area contributed by atoms with E-state index in [1.165, 1.54) is 12.8 Å². The highest BCUT2D eigenvalue weighted by Crippen LogP contribution is 2.39. The summed E-state index contributed by atoms with van der Waals surface area (Å²) >= 11 is 0. The third-order valence-electron chi connectivity index (χ3n) is 4.67. The molecule has 0 aromatic carbocycles. The van der Waals surface area contributed by atoms with E-state index in [1.54, 1.807) is 6.20 Å². The lowest BCUT2D eigenvalue weighted by molar-refractivity contribution is 0.0605. The van der Waals surface area contributed by atoms with Gasteiger partial charge in [-0.05, 0) is 49.8 Å². The maximum atomic E-state index is 12.9. The number of amides is 1. The standard InChI is InChI=1S/C17H20N4O/c22-17(15-10-14(19-20-15)12-6-7-12)21-9-2-1-5-16(21)13-4-3-8-18-11-13/h3-4,8,10-12,16H,1-2,5-7,9H2,(H,19,20). The van der Waals surface area contributed by atoms with Gasteiger partial charge in [-0.1, -0.05) is 6.07 Å². The van der Waals surface area contributed by atoms with Crippen molar-refractivity contribution in [2.24, 2.45) is 0 Å². The van der Waals surface area contributed by atoms with E-state index in [9.17, 15) is 4.79 Å². The Hall–Kier alpha value is -2.17. The van der Waals surface area contributed by atoms with Crippen LogP contribution in [0.3, 0.4) is 0 Å². The van der Waals surface area contributed by atoms with Gasteiger partial charge in [-0.15, -0.1) is 0 Å². The molecule has 2 aliphatic rings. The van der Waals surface area contributed by atoms with Crippen molar-refractivity contribution in [1.82, 2.24) is 20.1 Å². The Kier molecular flexibility index (Phi) is 3.41. The third-order valence-corrected chi connectivity index (χ3v) is 4.67. The van der Waals surface area contributed by atoms with E-state index < -0.39 is 0 Å². The number of nitrogens with one attached hydrogen (secondary N) is 1. The maximum absolute atomic E-state index is 12.9. The topological polar surface area (TPSA) is 61.9 Å². The molecule has 0 spiro atoms. The number of carbonyl (C=O) groups excluding carboxylic acids is 1. The summed E-state index contributed by atoms with van der Waals surface area (Å²) in [4.78, 5) is 19.0. The van der Waals surface area contributed by atoms with E-state index in [-0.39, 0.29) is 11.9 Å². The summed E-state index contributed by atoms with van der Waals surface area (Å²) in [5.41, 5.74) is 2.78. The molecule has 2 aromatic heterocycles. The molecule has 114 valence electrons. The molecule has 1 saturated carbocycles. The zero-order valence-corrected chi connectivity index (χ0v) is 12.5. The van der Waals surface area contributed by atoms with Gasteiger partial charge >= 0.3 is 0 Å². The Morgan fingerprint density at radius 1 is 1.27 bits per heavy atom. The van der Waals surface area contributed by atoms with Gasteiger partial charge in [0, 0.05) is 30.6 Å². The minimum absolute atomic E-state index is 0.0386. The fourth-order valence-electron chi connectivity index (χ4n) is 3.29. The van der Waals surface area contributed by atoms with Crippen molar-refractivity contribution in [3.05, 3.63) is 47.5 Å². The Labute approximate surface area is 129 Å². The van der Waals surface area contributed by atoms with Crippen LogP contribution >= 0.6 is 0 Å². The van der Waals surface area contributed by atoms with Crippen LogP contribution < -0.4 is 0 Å². The number of H-pyrrole nitrogens is 1. The maximum Gasteiger partial charge on any atom is 0.274 e. The van der Waals surface area contributed by atoms with Gasteiger partial charge in [-0.3, -0.25) is 14.9 Å². The first-order valence-electron chi connectivity index (χ1n) is 8.09. The molecule has 1 N–H and O–H groups in total. The molecule has 1 amide bonds. The van der Waals surface area contributed by atoms with Crippen molar-refractivity contribution in [2.45, 2.75) is 44.1 Å². The molecule has 1 unspecified atom stereocenters. The van der Waals surface area contributed by atoms with Gasteiger partial charge in [0.25, 0.3) is 5.91 Å². The first kappa shape index (κ1) is 13.5. The molecule has 2 aromatic rings. The number of aromatic nitrogens is 3. The second kappa shape index (κ2) is 5.55. The van der Waals surface area contributed by atoms with Gasteiger partial charge in [0.05, 0.1) is 6.04 Å². The number of carbonyl (C=O) groups is 1. The van der Waals surface area contributed by atoms with Gasteiger partial charge in [0.15, 0.2) is 0 Å². The average Bonchev–Trinajstić information content (AvgIpc) is 3.32. The van der Waals surface area contributed by atoms with E-state index in [0.29, 0.717) is 11.6 Å². The predicted octanol–water partition coefficient (Wildman–Crippen LogP) is 3.05. The highest BCUT2D eigenvalue weighted by Gasteiger charge is 2.32. The lowest BCUT2D eigenvalue weighted by atomic mass is 9.96. The monoisotopic (exact) mass is 296 g/mol. The summed E-state index contributed by atoms with van der Waals surface area (Å²) in [6, 6.07) is 6.06.